The Kier molecular flexibility index (Phi) is 10.1. The fraction of sp³-hybridized carbons (Fsp3) is 0.462. The van der Waals surface area contributed by atoms with Crippen LogP contribution in [0, 0.1) is 44.7 Å². The van der Waals surface area contributed by atoms with E-state index in [4.69, 9.17) is 10.5 Å². The Hall–Kier alpha value is 0.0697. The van der Waals surface area contributed by atoms with Crippen LogP contribution in [0.3, 0.4) is 0 Å². The summed E-state index contributed by atoms with van der Waals surface area (Å²) in [5.41, 5.74) is 8.91. The average Bonchev–Trinajstić information content (AvgIpc) is 2.31. The number of aryl methyl sites for hydroxylation is 1. The number of benzene rings is 1. The van der Waals surface area contributed by atoms with Gasteiger partial charge in [-0.3, -0.25) is 0 Å². The van der Waals surface area contributed by atoms with Gasteiger partial charge in [0.2, 0.25) is 0 Å². The van der Waals surface area contributed by atoms with Gasteiger partial charge < -0.3 is 15.3 Å². The number of nitrogens with one attached hydrogen (secondary N) is 1. The first-order valence-electron chi connectivity index (χ1n) is 5.46. The zero-order valence-corrected chi connectivity index (χ0v) is 11.8. The van der Waals surface area contributed by atoms with Crippen molar-refractivity contribution in [3.63, 3.8) is 0 Å². The van der Waals surface area contributed by atoms with Gasteiger partial charge in [0.15, 0.2) is 0 Å². The Labute approximate surface area is 133 Å². The molecule has 0 saturated carbocycles. The van der Waals surface area contributed by atoms with Crippen molar-refractivity contribution in [2.24, 2.45) is 0 Å². The zero-order valence-electron chi connectivity index (χ0n) is 9.83. The van der Waals surface area contributed by atoms with E-state index in [1.807, 2.05) is 25.3 Å². The monoisotopic (exact) mass is 384 g/mol. The van der Waals surface area contributed by atoms with Crippen molar-refractivity contribution < 1.29 is 47.3 Å². The van der Waals surface area contributed by atoms with Gasteiger partial charge in [-0.25, -0.2) is 0 Å². The van der Waals surface area contributed by atoms with E-state index in [2.05, 4.69) is 0 Å². The van der Waals surface area contributed by atoms with Crippen LogP contribution in [0.4, 0.5) is 0 Å². The van der Waals surface area contributed by atoms with Crippen LogP contribution in [0.5, 0.6) is 0 Å². The van der Waals surface area contributed by atoms with E-state index in [9.17, 15) is 4.79 Å². The minimum atomic E-state index is 0. The Morgan fingerprint density at radius 2 is 2.00 bits per heavy atom. The van der Waals surface area contributed by atoms with E-state index in [0.29, 0.717) is 5.56 Å². The topological polar surface area (TPSA) is 50.1 Å². The summed E-state index contributed by atoms with van der Waals surface area (Å²) in [5.74, 6) is 0. The van der Waals surface area contributed by atoms with Crippen molar-refractivity contribution in [1.29, 1.82) is 0 Å². The third-order valence-electron chi connectivity index (χ3n) is 2.36. The van der Waals surface area contributed by atoms with Crippen molar-refractivity contribution in [2.45, 2.75) is 25.8 Å². The average molecular weight is 384 g/mol. The van der Waals surface area contributed by atoms with Gasteiger partial charge in [0.1, 0.15) is 0 Å². The van der Waals surface area contributed by atoms with Gasteiger partial charge in [-0.15, -0.1) is 17.7 Å². The van der Waals surface area contributed by atoms with Gasteiger partial charge in [-0.1, -0.05) is 13.0 Å². The molecule has 17 heavy (non-hydrogen) atoms. The second-order valence-corrected chi connectivity index (χ2v) is 3.86. The van der Waals surface area contributed by atoms with Crippen molar-refractivity contribution in [1.82, 2.24) is 0 Å². The molecule has 0 amide bonds. The molecule has 1 heterocycles. The zero-order chi connectivity index (χ0) is 11.8. The van der Waals surface area contributed by atoms with E-state index < -0.39 is 0 Å². The summed E-state index contributed by atoms with van der Waals surface area (Å²) >= 11 is 0. The van der Waals surface area contributed by atoms with Crippen LogP contribution < -0.4 is 0 Å². The van der Waals surface area contributed by atoms with E-state index in [0.717, 1.165) is 31.6 Å². The molecule has 0 aromatic heterocycles. The quantitative estimate of drug-likeness (QED) is 0.552. The molecule has 1 aliphatic heterocycles. The Balaban J connectivity index is 0.000000292. The molecule has 0 unspecified atom stereocenters. The van der Waals surface area contributed by atoms with Gasteiger partial charge in [0, 0.05) is 51.0 Å². The van der Waals surface area contributed by atoms with Gasteiger partial charge in [0.05, 0.1) is 6.29 Å². The summed E-state index contributed by atoms with van der Waals surface area (Å²) in [6, 6.07) is 7.48. The molecule has 1 aliphatic rings. The number of rotatable bonds is 1. The van der Waals surface area contributed by atoms with Crippen LogP contribution in [-0.4, -0.2) is 25.5 Å². The number of hydrogen-bond donors (Lipinski definition) is 0. The molecule has 1 aromatic rings. The molecule has 3 nitrogen and oxygen atoms in total. The fourth-order valence-corrected chi connectivity index (χ4v) is 1.41. The normalized spacial score (nSPS) is 15.2. The minimum absolute atomic E-state index is 0. The molecule has 2 rings (SSSR count). The van der Waals surface area contributed by atoms with Gasteiger partial charge >= 0.3 is 0 Å². The Morgan fingerprint density at radius 3 is 2.35 bits per heavy atom. The van der Waals surface area contributed by atoms with Gasteiger partial charge in [-0.05, 0) is 12.8 Å². The molecule has 1 aromatic carbocycles. The predicted octanol–water partition coefficient (Wildman–Crippen LogP) is 2.67. The van der Waals surface area contributed by atoms with E-state index in [-0.39, 0.29) is 43.8 Å². The molecular formula is C13H17HoNO2-2. The van der Waals surface area contributed by atoms with Crippen LogP contribution in [0.1, 0.15) is 24.0 Å². The summed E-state index contributed by atoms with van der Waals surface area (Å²) < 4.78 is 5.02. The minimum Gasteiger partial charge on any atom is -0.675 e. The molecule has 1 radical (unpaired) electrons. The number of hydrogen-bond acceptors (Lipinski definition) is 2. The second-order valence-electron chi connectivity index (χ2n) is 3.86. The molecular weight excluding hydrogens is 367 g/mol. The first kappa shape index (κ1) is 17.1. The molecule has 0 atom stereocenters. The third-order valence-corrected chi connectivity index (χ3v) is 2.36. The van der Waals surface area contributed by atoms with Gasteiger partial charge in [0.25, 0.3) is 0 Å². The van der Waals surface area contributed by atoms with Crippen LogP contribution in [-0.2, 0) is 9.53 Å². The number of ether oxygens (including phenoxy) is 1. The van der Waals surface area contributed by atoms with Gasteiger partial charge in [-0.2, -0.15) is 17.7 Å². The Bertz CT molecular complexity index is 325. The smallest absolute Gasteiger partial charge is 0.0627 e. The standard InChI is InChI=1S/C8H7O.C5H10NO.Ho/c1-7-3-2-4-8(5-7)6-9;6-5-1-3-7-4-2-5;/h2-5H,1H3;5-6H,1-4H2;/q2*-1;. The molecule has 1 fully saturated rings. The molecule has 1 N–H and O–H groups in total. The maximum Gasteiger partial charge on any atom is 0.0627 e. The van der Waals surface area contributed by atoms with Crippen molar-refractivity contribution in [3.8, 4) is 0 Å². The number of carbonyl (C=O) groups excluding carboxylic acids is 1. The fourth-order valence-electron chi connectivity index (χ4n) is 1.41. The third kappa shape index (κ3) is 7.90. The van der Waals surface area contributed by atoms with Crippen molar-refractivity contribution >= 4 is 6.29 Å². The molecule has 0 aliphatic carbocycles. The Morgan fingerprint density at radius 1 is 1.35 bits per heavy atom. The molecule has 4 heteroatoms. The van der Waals surface area contributed by atoms with Crippen LogP contribution >= 0.6 is 0 Å². The first-order chi connectivity index (χ1) is 7.72. The molecule has 0 bridgehead atoms. The largest absolute Gasteiger partial charge is 0.675 e. The summed E-state index contributed by atoms with van der Waals surface area (Å²) in [4.78, 5) is 10.0. The summed E-state index contributed by atoms with van der Waals surface area (Å²) in [6.45, 7) is 3.54. The van der Waals surface area contributed by atoms with Crippen molar-refractivity contribution in [2.75, 3.05) is 13.2 Å². The SMILES string of the molecule is Cc1cccc([C-]=O)c1.[Ho].[NH-]C1CCOCC1. The molecule has 0 spiro atoms. The maximum absolute atomic E-state index is 10.0. The van der Waals surface area contributed by atoms with Crippen LogP contribution in [0.25, 0.3) is 5.73 Å². The first-order valence-corrected chi connectivity index (χ1v) is 5.46. The predicted molar refractivity (Wildman–Crippen MR) is 64.1 cm³/mol. The van der Waals surface area contributed by atoms with E-state index in [1.165, 1.54) is 0 Å². The van der Waals surface area contributed by atoms with E-state index in [1.54, 1.807) is 12.1 Å². The molecule has 99 valence electrons. The summed E-state index contributed by atoms with van der Waals surface area (Å²) in [6.07, 6.45) is 3.68. The van der Waals surface area contributed by atoms with Crippen LogP contribution in [0.2, 0.25) is 0 Å². The summed E-state index contributed by atoms with van der Waals surface area (Å²) in [7, 11) is 0. The van der Waals surface area contributed by atoms with Crippen LogP contribution in [0.15, 0.2) is 24.3 Å². The van der Waals surface area contributed by atoms with E-state index >= 15 is 0 Å². The summed E-state index contributed by atoms with van der Waals surface area (Å²) in [5, 5.41) is 0. The molecule has 1 saturated heterocycles. The maximum atomic E-state index is 10.0. The second kappa shape index (κ2) is 10.0. The van der Waals surface area contributed by atoms with Crippen molar-refractivity contribution in [3.05, 3.63) is 41.1 Å².